The predicted octanol–water partition coefficient (Wildman–Crippen LogP) is -1.69. The van der Waals surface area contributed by atoms with Crippen LogP contribution < -0.4 is 15.5 Å². The Hall–Kier alpha value is -2.37. The van der Waals surface area contributed by atoms with E-state index in [9.17, 15) is 24.6 Å². The summed E-state index contributed by atoms with van der Waals surface area (Å²) in [5.74, 6) is -3.21. The number of hydrogen-bond donors (Lipinski definition) is 1. The first-order chi connectivity index (χ1) is 8.52. The number of aromatic carboxylic acids is 1. The molecule has 0 saturated carbocycles. The van der Waals surface area contributed by atoms with Gasteiger partial charge in [0.25, 0.3) is 5.91 Å². The number of amides is 1. The van der Waals surface area contributed by atoms with Crippen LogP contribution in [0.25, 0.3) is 0 Å². The lowest BCUT2D eigenvalue weighted by atomic mass is 10.1. The predicted molar refractivity (Wildman–Crippen MR) is 57.3 cm³/mol. The lowest BCUT2D eigenvalue weighted by Gasteiger charge is -2.10. The Bertz CT molecular complexity index is 469. The molecule has 0 radical (unpaired) electrons. The zero-order chi connectivity index (χ0) is 13.5. The molecule has 0 unspecified atom stereocenters. The molecule has 0 heterocycles. The van der Waals surface area contributed by atoms with Gasteiger partial charge in [-0.1, -0.05) is 18.2 Å². The molecule has 0 bridgehead atoms. The van der Waals surface area contributed by atoms with Crippen LogP contribution in [0.5, 0.6) is 0 Å². The Morgan fingerprint density at radius 1 is 1.06 bits per heavy atom. The minimum Gasteiger partial charge on any atom is -0.550 e. The molecule has 18 heavy (non-hydrogen) atoms. The fraction of sp³-hybridized carbons (Fsp3) is 0.250. The van der Waals surface area contributed by atoms with Crippen LogP contribution in [0, 0.1) is 0 Å². The highest BCUT2D eigenvalue weighted by Gasteiger charge is 2.10. The third kappa shape index (κ3) is 3.89. The molecule has 6 nitrogen and oxygen atoms in total. The number of hydrogen-bond acceptors (Lipinski definition) is 5. The van der Waals surface area contributed by atoms with E-state index in [1.54, 1.807) is 0 Å². The van der Waals surface area contributed by atoms with Crippen molar-refractivity contribution in [2.75, 3.05) is 6.54 Å². The van der Waals surface area contributed by atoms with Gasteiger partial charge in [-0.2, -0.15) is 0 Å². The third-order valence-electron chi connectivity index (χ3n) is 2.23. The zero-order valence-corrected chi connectivity index (χ0v) is 9.47. The van der Waals surface area contributed by atoms with Crippen molar-refractivity contribution in [1.82, 2.24) is 5.32 Å². The van der Waals surface area contributed by atoms with Gasteiger partial charge in [0, 0.05) is 23.6 Å². The maximum Gasteiger partial charge on any atom is 0.251 e. The molecule has 0 aliphatic carbocycles. The molecule has 0 aromatic heterocycles. The Labute approximate surface area is 103 Å². The van der Waals surface area contributed by atoms with Gasteiger partial charge in [0.1, 0.15) is 0 Å². The largest absolute Gasteiger partial charge is 0.550 e. The van der Waals surface area contributed by atoms with E-state index in [0.717, 1.165) is 0 Å². The first kappa shape index (κ1) is 13.7. The van der Waals surface area contributed by atoms with E-state index < -0.39 is 17.8 Å². The van der Waals surface area contributed by atoms with Gasteiger partial charge >= 0.3 is 0 Å². The first-order valence-electron chi connectivity index (χ1n) is 5.31. The quantitative estimate of drug-likeness (QED) is 0.605. The van der Waals surface area contributed by atoms with Gasteiger partial charge in [-0.3, -0.25) is 4.79 Å². The van der Waals surface area contributed by atoms with Crippen molar-refractivity contribution in [1.29, 1.82) is 0 Å². The maximum absolute atomic E-state index is 11.6. The number of carboxylic acid groups (broad SMARTS) is 2. The summed E-state index contributed by atoms with van der Waals surface area (Å²) in [6.07, 6.45) is 0.0595. The number of carboxylic acids is 2. The molecular formula is C12H11NO5-2. The summed E-state index contributed by atoms with van der Waals surface area (Å²) in [7, 11) is 0. The SMILES string of the molecule is O=C([O-])CCCNC(=O)c1ccccc1C(=O)[O-]. The fourth-order valence-corrected chi connectivity index (χ4v) is 1.39. The average molecular weight is 249 g/mol. The maximum atomic E-state index is 11.6. The molecule has 0 fully saturated rings. The van der Waals surface area contributed by atoms with Crippen molar-refractivity contribution in [2.24, 2.45) is 0 Å². The number of aliphatic carboxylic acids is 1. The average Bonchev–Trinajstić information content (AvgIpc) is 2.34. The van der Waals surface area contributed by atoms with E-state index in [4.69, 9.17) is 0 Å². The number of rotatable bonds is 6. The summed E-state index contributed by atoms with van der Waals surface area (Å²) >= 11 is 0. The molecule has 0 atom stereocenters. The lowest BCUT2D eigenvalue weighted by Crippen LogP contribution is -2.31. The second-order valence-corrected chi connectivity index (χ2v) is 3.56. The number of carbonyl (C=O) groups is 3. The third-order valence-corrected chi connectivity index (χ3v) is 2.23. The van der Waals surface area contributed by atoms with E-state index in [1.807, 2.05) is 0 Å². The van der Waals surface area contributed by atoms with E-state index >= 15 is 0 Å². The van der Waals surface area contributed by atoms with Crippen LogP contribution >= 0.6 is 0 Å². The highest BCUT2D eigenvalue weighted by molar-refractivity contribution is 6.04. The topological polar surface area (TPSA) is 109 Å². The van der Waals surface area contributed by atoms with Crippen molar-refractivity contribution in [2.45, 2.75) is 12.8 Å². The summed E-state index contributed by atoms with van der Waals surface area (Å²) in [5, 5.41) is 23.3. The normalized spacial score (nSPS) is 9.78. The highest BCUT2D eigenvalue weighted by atomic mass is 16.4. The molecule has 0 aliphatic rings. The molecule has 1 rings (SSSR count). The summed E-state index contributed by atoms with van der Waals surface area (Å²) in [5.41, 5.74) is -0.208. The van der Waals surface area contributed by atoms with Crippen LogP contribution in [0.4, 0.5) is 0 Å². The molecule has 96 valence electrons. The Kier molecular flexibility index (Phi) is 4.86. The summed E-state index contributed by atoms with van der Waals surface area (Å²) in [6.45, 7) is 0.133. The van der Waals surface area contributed by atoms with Gasteiger partial charge in [-0.15, -0.1) is 0 Å². The molecule has 0 aliphatic heterocycles. The number of benzene rings is 1. The smallest absolute Gasteiger partial charge is 0.251 e. The molecule has 6 heteroatoms. The number of nitrogens with one attached hydrogen (secondary N) is 1. The molecular weight excluding hydrogens is 238 g/mol. The molecule has 1 N–H and O–H groups in total. The van der Waals surface area contributed by atoms with Crippen molar-refractivity contribution in [3.8, 4) is 0 Å². The molecule has 1 amide bonds. The van der Waals surface area contributed by atoms with Crippen LogP contribution in [0.2, 0.25) is 0 Å². The zero-order valence-electron chi connectivity index (χ0n) is 9.47. The molecule has 1 aromatic carbocycles. The van der Waals surface area contributed by atoms with Crippen molar-refractivity contribution in [3.05, 3.63) is 35.4 Å². The molecule has 1 aromatic rings. The van der Waals surface area contributed by atoms with Gasteiger partial charge in [0.05, 0.1) is 5.97 Å². The highest BCUT2D eigenvalue weighted by Crippen LogP contribution is 2.07. The monoisotopic (exact) mass is 249 g/mol. The van der Waals surface area contributed by atoms with Crippen LogP contribution in [-0.2, 0) is 4.79 Å². The van der Waals surface area contributed by atoms with Gasteiger partial charge in [0.2, 0.25) is 0 Å². The van der Waals surface area contributed by atoms with Crippen molar-refractivity contribution in [3.63, 3.8) is 0 Å². The second kappa shape index (κ2) is 6.39. The van der Waals surface area contributed by atoms with Crippen LogP contribution in [0.3, 0.4) is 0 Å². The minimum atomic E-state index is -1.43. The molecule has 0 saturated heterocycles. The fourth-order valence-electron chi connectivity index (χ4n) is 1.39. The van der Waals surface area contributed by atoms with Crippen LogP contribution in [0.1, 0.15) is 33.6 Å². The second-order valence-electron chi connectivity index (χ2n) is 3.56. The van der Waals surface area contributed by atoms with Gasteiger partial charge in [0.15, 0.2) is 0 Å². The lowest BCUT2D eigenvalue weighted by molar-refractivity contribution is -0.305. The Morgan fingerprint density at radius 3 is 2.22 bits per heavy atom. The van der Waals surface area contributed by atoms with E-state index in [0.29, 0.717) is 0 Å². The molecule has 0 spiro atoms. The van der Waals surface area contributed by atoms with Crippen LogP contribution in [-0.4, -0.2) is 24.4 Å². The first-order valence-corrected chi connectivity index (χ1v) is 5.31. The van der Waals surface area contributed by atoms with E-state index in [2.05, 4.69) is 5.32 Å². The van der Waals surface area contributed by atoms with E-state index in [1.165, 1.54) is 24.3 Å². The summed E-state index contributed by atoms with van der Waals surface area (Å²) < 4.78 is 0. The number of carbonyl (C=O) groups excluding carboxylic acids is 3. The van der Waals surface area contributed by atoms with Gasteiger partial charge < -0.3 is 25.1 Å². The minimum absolute atomic E-state index is 0.00838. The summed E-state index contributed by atoms with van der Waals surface area (Å²) in [6, 6.07) is 5.64. The van der Waals surface area contributed by atoms with Crippen molar-refractivity contribution < 1.29 is 24.6 Å². The standard InChI is InChI=1S/C12H13NO5/c14-10(15)6-3-7-13-11(16)8-4-1-2-5-9(8)12(17)18/h1-2,4-5H,3,6-7H2,(H,13,16)(H,14,15)(H,17,18)/p-2. The summed E-state index contributed by atoms with van der Waals surface area (Å²) in [4.78, 5) is 32.6. The Morgan fingerprint density at radius 2 is 1.67 bits per heavy atom. The van der Waals surface area contributed by atoms with Gasteiger partial charge in [-0.25, -0.2) is 0 Å². The van der Waals surface area contributed by atoms with Crippen LogP contribution in [0.15, 0.2) is 24.3 Å². The van der Waals surface area contributed by atoms with E-state index in [-0.39, 0.29) is 30.5 Å². The Balaban J connectivity index is 2.61. The van der Waals surface area contributed by atoms with Gasteiger partial charge in [-0.05, 0) is 18.9 Å². The van der Waals surface area contributed by atoms with Crippen molar-refractivity contribution >= 4 is 17.8 Å².